The molecule has 1 heterocycles. The summed E-state index contributed by atoms with van der Waals surface area (Å²) in [5.74, 6) is -0.0849. The van der Waals surface area contributed by atoms with E-state index in [0.29, 0.717) is 12.3 Å². The number of rotatable bonds is 3. The highest BCUT2D eigenvalue weighted by molar-refractivity contribution is 5.91. The molecule has 0 atom stereocenters. The van der Waals surface area contributed by atoms with E-state index in [1.807, 2.05) is 6.92 Å². The molecule has 4 heteroatoms. The van der Waals surface area contributed by atoms with Gasteiger partial charge in [0, 0.05) is 13.1 Å². The second-order valence-corrected chi connectivity index (χ2v) is 2.21. The highest BCUT2D eigenvalue weighted by Gasteiger charge is 2.02. The minimum atomic E-state index is -0.0849. The molecule has 0 fully saturated rings. The predicted octanol–water partition coefficient (Wildman–Crippen LogP) is 1.08. The SMILES string of the molecule is CCOc1nccc(C(C)=O)n1. The Labute approximate surface area is 70.6 Å². The first-order valence-electron chi connectivity index (χ1n) is 3.71. The Balaban J connectivity index is 2.88. The molecule has 0 aromatic carbocycles. The van der Waals surface area contributed by atoms with Crippen LogP contribution in [0.1, 0.15) is 24.3 Å². The molecule has 12 heavy (non-hydrogen) atoms. The van der Waals surface area contributed by atoms with Gasteiger partial charge < -0.3 is 4.74 Å². The monoisotopic (exact) mass is 166 g/mol. The number of ether oxygens (including phenoxy) is 1. The summed E-state index contributed by atoms with van der Waals surface area (Å²) in [5, 5.41) is 0. The van der Waals surface area contributed by atoms with Gasteiger partial charge in [-0.25, -0.2) is 4.98 Å². The van der Waals surface area contributed by atoms with Crippen LogP contribution >= 0.6 is 0 Å². The van der Waals surface area contributed by atoms with E-state index >= 15 is 0 Å². The number of aromatic nitrogens is 2. The first kappa shape index (κ1) is 8.64. The molecule has 0 radical (unpaired) electrons. The summed E-state index contributed by atoms with van der Waals surface area (Å²) in [6.07, 6.45) is 1.51. The molecule has 1 rings (SSSR count). The zero-order valence-corrected chi connectivity index (χ0v) is 7.07. The van der Waals surface area contributed by atoms with Crippen molar-refractivity contribution < 1.29 is 9.53 Å². The Kier molecular flexibility index (Phi) is 2.74. The molecular weight excluding hydrogens is 156 g/mol. The van der Waals surface area contributed by atoms with Crippen LogP contribution in [0.15, 0.2) is 12.3 Å². The minimum absolute atomic E-state index is 0.0849. The van der Waals surface area contributed by atoms with Crippen molar-refractivity contribution in [3.8, 4) is 6.01 Å². The van der Waals surface area contributed by atoms with Crippen molar-refractivity contribution in [3.05, 3.63) is 18.0 Å². The van der Waals surface area contributed by atoms with Crippen LogP contribution in [0.25, 0.3) is 0 Å². The third-order valence-corrected chi connectivity index (χ3v) is 1.27. The van der Waals surface area contributed by atoms with E-state index in [-0.39, 0.29) is 11.8 Å². The van der Waals surface area contributed by atoms with Crippen LogP contribution in [0.4, 0.5) is 0 Å². The molecule has 0 saturated carbocycles. The maximum atomic E-state index is 10.9. The zero-order chi connectivity index (χ0) is 8.97. The van der Waals surface area contributed by atoms with Gasteiger partial charge in [0.2, 0.25) is 0 Å². The number of nitrogens with zero attached hydrogens (tertiary/aromatic N) is 2. The fraction of sp³-hybridized carbons (Fsp3) is 0.375. The van der Waals surface area contributed by atoms with Crippen LogP contribution in [0, 0.1) is 0 Å². The van der Waals surface area contributed by atoms with E-state index in [2.05, 4.69) is 9.97 Å². The summed E-state index contributed by atoms with van der Waals surface area (Å²) in [6, 6.07) is 1.82. The molecule has 4 nitrogen and oxygen atoms in total. The Bertz CT molecular complexity index is 286. The van der Waals surface area contributed by atoms with E-state index in [4.69, 9.17) is 4.74 Å². The molecule has 0 N–H and O–H groups in total. The number of hydrogen-bond acceptors (Lipinski definition) is 4. The van der Waals surface area contributed by atoms with Gasteiger partial charge >= 0.3 is 6.01 Å². The van der Waals surface area contributed by atoms with Crippen LogP contribution in [0.5, 0.6) is 6.01 Å². The number of Topliss-reactive ketones (excluding diaryl/α,β-unsaturated/α-hetero) is 1. The highest BCUT2D eigenvalue weighted by atomic mass is 16.5. The largest absolute Gasteiger partial charge is 0.464 e. The Morgan fingerprint density at radius 2 is 2.42 bits per heavy atom. The van der Waals surface area contributed by atoms with Crippen LogP contribution in [0.2, 0.25) is 0 Å². The Morgan fingerprint density at radius 3 is 3.00 bits per heavy atom. The van der Waals surface area contributed by atoms with Crippen molar-refractivity contribution in [1.29, 1.82) is 0 Å². The third kappa shape index (κ3) is 2.02. The van der Waals surface area contributed by atoms with Gasteiger partial charge in [-0.15, -0.1) is 0 Å². The zero-order valence-electron chi connectivity index (χ0n) is 7.07. The van der Waals surface area contributed by atoms with Gasteiger partial charge in [0.05, 0.1) is 6.61 Å². The van der Waals surface area contributed by atoms with Crippen molar-refractivity contribution in [1.82, 2.24) is 9.97 Å². The molecule has 0 bridgehead atoms. The predicted molar refractivity (Wildman–Crippen MR) is 43.2 cm³/mol. The van der Waals surface area contributed by atoms with Gasteiger partial charge in [-0.05, 0) is 13.0 Å². The average Bonchev–Trinajstić information content (AvgIpc) is 2.05. The third-order valence-electron chi connectivity index (χ3n) is 1.27. The summed E-state index contributed by atoms with van der Waals surface area (Å²) in [7, 11) is 0. The molecule has 1 aromatic heterocycles. The van der Waals surface area contributed by atoms with Crippen LogP contribution in [-0.4, -0.2) is 22.4 Å². The molecule has 0 aliphatic carbocycles. The molecule has 1 aromatic rings. The lowest BCUT2D eigenvalue weighted by Gasteiger charge is -2.00. The van der Waals surface area contributed by atoms with E-state index in [1.165, 1.54) is 13.1 Å². The van der Waals surface area contributed by atoms with E-state index < -0.39 is 0 Å². The summed E-state index contributed by atoms with van der Waals surface area (Å²) >= 11 is 0. The van der Waals surface area contributed by atoms with Gasteiger partial charge in [0.1, 0.15) is 5.69 Å². The van der Waals surface area contributed by atoms with Crippen molar-refractivity contribution in [2.45, 2.75) is 13.8 Å². The fourth-order valence-electron chi connectivity index (χ4n) is 0.736. The molecular formula is C8H10N2O2. The smallest absolute Gasteiger partial charge is 0.316 e. The lowest BCUT2D eigenvalue weighted by Crippen LogP contribution is -2.02. The van der Waals surface area contributed by atoms with E-state index in [9.17, 15) is 4.79 Å². The maximum Gasteiger partial charge on any atom is 0.316 e. The quantitative estimate of drug-likeness (QED) is 0.630. The Hall–Kier alpha value is -1.45. The second-order valence-electron chi connectivity index (χ2n) is 2.21. The van der Waals surface area contributed by atoms with Crippen molar-refractivity contribution in [2.24, 2.45) is 0 Å². The van der Waals surface area contributed by atoms with Gasteiger partial charge in [0.15, 0.2) is 5.78 Å². The normalized spacial score (nSPS) is 9.50. The second kappa shape index (κ2) is 3.80. The van der Waals surface area contributed by atoms with Gasteiger partial charge in [-0.1, -0.05) is 0 Å². The lowest BCUT2D eigenvalue weighted by molar-refractivity contribution is 0.101. The first-order chi connectivity index (χ1) is 5.74. The maximum absolute atomic E-state index is 10.9. The average molecular weight is 166 g/mol. The Morgan fingerprint density at radius 1 is 1.67 bits per heavy atom. The number of ketones is 1. The molecule has 0 amide bonds. The molecule has 0 aliphatic heterocycles. The van der Waals surface area contributed by atoms with Crippen molar-refractivity contribution in [2.75, 3.05) is 6.61 Å². The van der Waals surface area contributed by atoms with Crippen LogP contribution in [-0.2, 0) is 0 Å². The van der Waals surface area contributed by atoms with E-state index in [0.717, 1.165) is 0 Å². The molecule has 0 saturated heterocycles. The number of carbonyl (C=O) groups excluding carboxylic acids is 1. The highest BCUT2D eigenvalue weighted by Crippen LogP contribution is 2.02. The number of carbonyl (C=O) groups is 1. The number of hydrogen-bond donors (Lipinski definition) is 0. The minimum Gasteiger partial charge on any atom is -0.464 e. The van der Waals surface area contributed by atoms with Crippen molar-refractivity contribution >= 4 is 5.78 Å². The van der Waals surface area contributed by atoms with E-state index in [1.54, 1.807) is 6.07 Å². The molecule has 0 aliphatic rings. The van der Waals surface area contributed by atoms with Gasteiger partial charge in [-0.3, -0.25) is 4.79 Å². The lowest BCUT2D eigenvalue weighted by atomic mass is 10.3. The van der Waals surface area contributed by atoms with Gasteiger partial charge in [0.25, 0.3) is 0 Å². The standard InChI is InChI=1S/C8H10N2O2/c1-3-12-8-9-5-4-7(10-8)6(2)11/h4-5H,3H2,1-2H3. The summed E-state index contributed by atoms with van der Waals surface area (Å²) in [4.78, 5) is 18.6. The van der Waals surface area contributed by atoms with Crippen molar-refractivity contribution in [3.63, 3.8) is 0 Å². The molecule has 0 spiro atoms. The fourth-order valence-corrected chi connectivity index (χ4v) is 0.736. The van der Waals surface area contributed by atoms with Gasteiger partial charge in [-0.2, -0.15) is 4.98 Å². The summed E-state index contributed by atoms with van der Waals surface area (Å²) in [5.41, 5.74) is 0.383. The molecule has 0 unspecified atom stereocenters. The summed E-state index contributed by atoms with van der Waals surface area (Å²) in [6.45, 7) is 3.79. The molecule has 64 valence electrons. The van der Waals surface area contributed by atoms with Crippen LogP contribution < -0.4 is 4.74 Å². The topological polar surface area (TPSA) is 52.1 Å². The first-order valence-corrected chi connectivity index (χ1v) is 3.71. The summed E-state index contributed by atoms with van der Waals surface area (Å²) < 4.78 is 5.02. The van der Waals surface area contributed by atoms with Crippen LogP contribution in [0.3, 0.4) is 0 Å².